The molecule has 0 unspecified atom stereocenters. The van der Waals surface area contributed by atoms with Gasteiger partial charge in [0.1, 0.15) is 5.75 Å². The van der Waals surface area contributed by atoms with E-state index in [2.05, 4.69) is 38.9 Å². The van der Waals surface area contributed by atoms with Gasteiger partial charge in [0.15, 0.2) is 0 Å². The Bertz CT molecular complexity index is 335. The van der Waals surface area contributed by atoms with Gasteiger partial charge in [0.05, 0.1) is 0 Å². The second kappa shape index (κ2) is 5.35. The smallest absolute Gasteiger partial charge is 0.115 e. The van der Waals surface area contributed by atoms with Crippen LogP contribution in [0, 0.1) is 0 Å². The Morgan fingerprint density at radius 2 is 2.00 bits per heavy atom. The Hall–Kier alpha value is -1.02. The Morgan fingerprint density at radius 3 is 2.50 bits per heavy atom. The number of rotatable bonds is 5. The lowest BCUT2D eigenvalue weighted by atomic mass is 9.78. The zero-order valence-electron chi connectivity index (χ0n) is 10.8. The van der Waals surface area contributed by atoms with Gasteiger partial charge in [-0.15, -0.1) is 0 Å². The average Bonchev–Trinajstić information content (AvgIpc) is 2.16. The molecule has 0 radical (unpaired) electrons. The molecule has 0 fully saturated rings. The molecule has 0 amide bonds. The van der Waals surface area contributed by atoms with E-state index in [4.69, 9.17) is 0 Å². The molecule has 16 heavy (non-hydrogen) atoms. The van der Waals surface area contributed by atoms with Gasteiger partial charge in [-0.1, -0.05) is 32.4 Å². The lowest BCUT2D eigenvalue weighted by Gasteiger charge is -2.33. The third-order valence-electron chi connectivity index (χ3n) is 3.01. The third-order valence-corrected chi connectivity index (χ3v) is 3.01. The van der Waals surface area contributed by atoms with Gasteiger partial charge in [-0.25, -0.2) is 0 Å². The van der Waals surface area contributed by atoms with Crippen LogP contribution in [0.1, 0.15) is 32.3 Å². The topological polar surface area (TPSA) is 23.5 Å². The lowest BCUT2D eigenvalue weighted by Crippen LogP contribution is -2.34. The van der Waals surface area contributed by atoms with Crippen LogP contribution in [0.3, 0.4) is 0 Å². The molecule has 0 bridgehead atoms. The summed E-state index contributed by atoms with van der Waals surface area (Å²) in [4.78, 5) is 2.21. The molecule has 0 saturated carbocycles. The second-order valence-corrected chi connectivity index (χ2v) is 5.10. The molecular formula is C14H23NO. The zero-order chi connectivity index (χ0) is 12.2. The number of phenols is 1. The number of aromatic hydroxyl groups is 1. The molecule has 0 heterocycles. The molecular weight excluding hydrogens is 198 g/mol. The first-order chi connectivity index (χ1) is 7.48. The monoisotopic (exact) mass is 221 g/mol. The lowest BCUT2D eigenvalue weighted by molar-refractivity contribution is 0.281. The summed E-state index contributed by atoms with van der Waals surface area (Å²) in [5.41, 5.74) is 1.35. The molecule has 2 heteroatoms. The maximum absolute atomic E-state index is 9.57. The van der Waals surface area contributed by atoms with Gasteiger partial charge >= 0.3 is 0 Å². The van der Waals surface area contributed by atoms with E-state index in [0.29, 0.717) is 5.75 Å². The molecule has 1 rings (SSSR count). The van der Waals surface area contributed by atoms with Crippen LogP contribution in [0.4, 0.5) is 0 Å². The highest BCUT2D eigenvalue weighted by Crippen LogP contribution is 2.31. The summed E-state index contributed by atoms with van der Waals surface area (Å²) < 4.78 is 0. The fourth-order valence-electron chi connectivity index (χ4n) is 2.45. The van der Waals surface area contributed by atoms with Crippen LogP contribution in [0.25, 0.3) is 0 Å². The van der Waals surface area contributed by atoms with Gasteiger partial charge in [-0.05, 0) is 38.2 Å². The maximum Gasteiger partial charge on any atom is 0.115 e. The van der Waals surface area contributed by atoms with Crippen molar-refractivity contribution < 1.29 is 5.11 Å². The van der Waals surface area contributed by atoms with Crippen LogP contribution < -0.4 is 0 Å². The van der Waals surface area contributed by atoms with Crippen molar-refractivity contribution >= 4 is 0 Å². The molecule has 1 N–H and O–H groups in total. The molecule has 0 aliphatic heterocycles. The summed E-state index contributed by atoms with van der Waals surface area (Å²) in [7, 11) is 4.19. The molecule has 1 aromatic rings. The highest BCUT2D eigenvalue weighted by atomic mass is 16.3. The predicted molar refractivity (Wildman–Crippen MR) is 68.9 cm³/mol. The Morgan fingerprint density at radius 1 is 1.31 bits per heavy atom. The van der Waals surface area contributed by atoms with Crippen molar-refractivity contribution in [2.75, 3.05) is 20.6 Å². The SMILES string of the molecule is CCC[C@](C)(CN(C)C)c1cccc(O)c1. The van der Waals surface area contributed by atoms with Crippen molar-refractivity contribution in [1.82, 2.24) is 4.90 Å². The fraction of sp³-hybridized carbons (Fsp3) is 0.571. The number of hydrogen-bond donors (Lipinski definition) is 1. The second-order valence-electron chi connectivity index (χ2n) is 5.10. The Labute approximate surface area is 98.9 Å². The van der Waals surface area contributed by atoms with Crippen molar-refractivity contribution in [3.63, 3.8) is 0 Å². The average molecular weight is 221 g/mol. The fourth-order valence-corrected chi connectivity index (χ4v) is 2.45. The van der Waals surface area contributed by atoms with Gasteiger partial charge in [-0.3, -0.25) is 0 Å². The van der Waals surface area contributed by atoms with E-state index in [1.807, 2.05) is 12.1 Å². The normalized spacial score (nSPS) is 15.1. The van der Waals surface area contributed by atoms with E-state index >= 15 is 0 Å². The first kappa shape index (κ1) is 13.0. The number of benzene rings is 1. The van der Waals surface area contributed by atoms with E-state index < -0.39 is 0 Å². The predicted octanol–water partition coefficient (Wildman–Crippen LogP) is 3.01. The number of phenolic OH excluding ortho intramolecular Hbond substituents is 1. The van der Waals surface area contributed by atoms with Crippen molar-refractivity contribution in [3.05, 3.63) is 29.8 Å². The minimum atomic E-state index is 0.122. The Kier molecular flexibility index (Phi) is 4.36. The van der Waals surface area contributed by atoms with E-state index in [1.165, 1.54) is 5.56 Å². The standard InChI is InChI=1S/C14H23NO/c1-5-9-14(2,11-15(3)4)12-7-6-8-13(16)10-12/h6-8,10,16H,5,9,11H2,1-4H3/t14-/m1/s1. The van der Waals surface area contributed by atoms with Crippen LogP contribution in [0.15, 0.2) is 24.3 Å². The van der Waals surface area contributed by atoms with Crippen LogP contribution >= 0.6 is 0 Å². The number of nitrogens with zero attached hydrogens (tertiary/aromatic N) is 1. The van der Waals surface area contributed by atoms with Crippen molar-refractivity contribution in [2.24, 2.45) is 0 Å². The molecule has 0 aromatic heterocycles. The van der Waals surface area contributed by atoms with Gasteiger partial charge in [0.2, 0.25) is 0 Å². The van der Waals surface area contributed by atoms with Gasteiger partial charge in [-0.2, -0.15) is 0 Å². The first-order valence-electron chi connectivity index (χ1n) is 5.92. The molecule has 90 valence electrons. The van der Waals surface area contributed by atoms with Gasteiger partial charge in [0, 0.05) is 12.0 Å². The summed E-state index contributed by atoms with van der Waals surface area (Å²) in [6, 6.07) is 7.65. The summed E-state index contributed by atoms with van der Waals surface area (Å²) in [5, 5.41) is 9.57. The van der Waals surface area contributed by atoms with Crippen molar-refractivity contribution in [3.8, 4) is 5.75 Å². The highest BCUT2D eigenvalue weighted by Gasteiger charge is 2.26. The molecule has 0 spiro atoms. The van der Waals surface area contributed by atoms with Gasteiger partial charge in [0.25, 0.3) is 0 Å². The van der Waals surface area contributed by atoms with E-state index in [0.717, 1.165) is 19.4 Å². The Balaban J connectivity index is 3.00. The van der Waals surface area contributed by atoms with Crippen molar-refractivity contribution in [1.29, 1.82) is 0 Å². The molecule has 1 atom stereocenters. The van der Waals surface area contributed by atoms with Crippen LogP contribution in [0.2, 0.25) is 0 Å². The zero-order valence-corrected chi connectivity index (χ0v) is 10.8. The molecule has 2 nitrogen and oxygen atoms in total. The van der Waals surface area contributed by atoms with Crippen LogP contribution in [-0.4, -0.2) is 30.6 Å². The third kappa shape index (κ3) is 3.24. The summed E-state index contributed by atoms with van der Waals surface area (Å²) in [6.45, 7) is 5.48. The highest BCUT2D eigenvalue weighted by molar-refractivity contribution is 5.33. The summed E-state index contributed by atoms with van der Waals surface area (Å²) >= 11 is 0. The molecule has 0 aliphatic carbocycles. The summed E-state index contributed by atoms with van der Waals surface area (Å²) in [6.07, 6.45) is 2.29. The van der Waals surface area contributed by atoms with Gasteiger partial charge < -0.3 is 10.0 Å². The van der Waals surface area contributed by atoms with E-state index in [9.17, 15) is 5.11 Å². The summed E-state index contributed by atoms with van der Waals surface area (Å²) in [5.74, 6) is 0.360. The molecule has 0 saturated heterocycles. The van der Waals surface area contributed by atoms with Crippen LogP contribution in [0.5, 0.6) is 5.75 Å². The quantitative estimate of drug-likeness (QED) is 0.826. The van der Waals surface area contributed by atoms with Crippen molar-refractivity contribution in [2.45, 2.75) is 32.1 Å². The maximum atomic E-state index is 9.57. The van der Waals surface area contributed by atoms with E-state index in [1.54, 1.807) is 6.07 Å². The van der Waals surface area contributed by atoms with E-state index in [-0.39, 0.29) is 5.41 Å². The minimum Gasteiger partial charge on any atom is -0.508 e. The first-order valence-corrected chi connectivity index (χ1v) is 5.92. The largest absolute Gasteiger partial charge is 0.508 e. The molecule has 1 aromatic carbocycles. The minimum absolute atomic E-state index is 0.122. The van der Waals surface area contributed by atoms with Crippen LogP contribution in [-0.2, 0) is 5.41 Å². The number of likely N-dealkylation sites (N-methyl/N-ethyl adjacent to an activating group) is 1. The molecule has 0 aliphatic rings. The number of hydrogen-bond acceptors (Lipinski definition) is 2.